The maximum atomic E-state index is 15.0. The Morgan fingerprint density at radius 3 is 2.48 bits per heavy atom. The molecule has 0 aliphatic carbocycles. The fraction of sp³-hybridized carbons (Fsp3) is 0.640. The number of carbonyl (C=O) groups is 4. The topological polar surface area (TPSA) is 181 Å². The molecule has 1 amide bonds. The number of ether oxygens (including phenoxy) is 6. The second kappa shape index (κ2) is 20.9. The molecule has 16 nitrogen and oxygen atoms in total. The van der Waals surface area contributed by atoms with Crippen LogP contribution >= 0.6 is 0 Å². The Morgan fingerprint density at radius 1 is 1.08 bits per heavy atom. The fourth-order valence-corrected chi connectivity index (χ4v) is 10.6. The first kappa shape index (κ1) is 50.5. The monoisotopic (exact) mass is 918 g/mol. The molecule has 1 aromatic carbocycles. The molecular weight excluding hydrogens is 847 g/mol. The minimum Gasteiger partial charge on any atom is -0.461 e. The van der Waals surface area contributed by atoms with Crippen molar-refractivity contribution < 1.29 is 52.7 Å². The highest BCUT2D eigenvalue weighted by Gasteiger charge is 2.60. The van der Waals surface area contributed by atoms with E-state index in [0.717, 1.165) is 11.0 Å². The van der Waals surface area contributed by atoms with Crippen molar-refractivity contribution in [1.29, 1.82) is 0 Å². The minimum atomic E-state index is -1.45. The van der Waals surface area contributed by atoms with Gasteiger partial charge in [-0.3, -0.25) is 19.4 Å². The summed E-state index contributed by atoms with van der Waals surface area (Å²) in [6.07, 6.45) is 1.82. The lowest BCUT2D eigenvalue weighted by atomic mass is 9.73. The zero-order chi connectivity index (χ0) is 48.2. The number of aliphatic hydroxyl groups excluding tert-OH is 1. The molecule has 1 N–H and O–H groups in total. The number of aromatic nitrogens is 3. The molecule has 3 aliphatic rings. The van der Waals surface area contributed by atoms with E-state index in [1.807, 2.05) is 63.3 Å². The number of esters is 2. The molecule has 0 radical (unpaired) electrons. The van der Waals surface area contributed by atoms with Gasteiger partial charge in [-0.2, -0.15) is 0 Å². The molecule has 6 rings (SSSR count). The molecule has 3 aromatic rings. The van der Waals surface area contributed by atoms with E-state index >= 15 is 0 Å². The summed E-state index contributed by atoms with van der Waals surface area (Å²) in [6.45, 7) is 20.4. The van der Waals surface area contributed by atoms with Crippen LogP contribution in [0.25, 0.3) is 11.0 Å². The molecule has 362 valence electrons. The lowest BCUT2D eigenvalue weighted by Crippen LogP contribution is -2.60. The average molecular weight is 918 g/mol. The van der Waals surface area contributed by atoms with Gasteiger partial charge in [0.2, 0.25) is 0 Å². The molecule has 0 saturated carbocycles. The van der Waals surface area contributed by atoms with Crippen molar-refractivity contribution in [3.05, 3.63) is 73.5 Å². The van der Waals surface area contributed by atoms with Gasteiger partial charge < -0.3 is 47.9 Å². The maximum Gasteiger partial charge on any atom is 0.410 e. The smallest absolute Gasteiger partial charge is 0.410 e. The number of hydrogen-bond donors (Lipinski definition) is 1. The number of ketones is 1. The lowest BCUT2D eigenvalue weighted by molar-refractivity contribution is -0.301. The average Bonchev–Trinajstić information content (AvgIpc) is 3.84. The van der Waals surface area contributed by atoms with Gasteiger partial charge in [-0.1, -0.05) is 45.5 Å². The van der Waals surface area contributed by atoms with Crippen LogP contribution in [0.15, 0.2) is 67.9 Å². The summed E-state index contributed by atoms with van der Waals surface area (Å²) in [6, 6.07) is 10.2. The summed E-state index contributed by atoms with van der Waals surface area (Å²) >= 11 is 0. The van der Waals surface area contributed by atoms with Gasteiger partial charge in [0.05, 0.1) is 59.6 Å². The Balaban J connectivity index is 1.36. The van der Waals surface area contributed by atoms with E-state index < -0.39 is 95.7 Å². The Kier molecular flexibility index (Phi) is 16.0. The number of pyridine rings is 1. The number of likely N-dealkylation sites (N-methyl/N-ethyl adjacent to an activating group) is 1. The van der Waals surface area contributed by atoms with Gasteiger partial charge in [-0.25, -0.2) is 9.78 Å². The molecule has 3 fully saturated rings. The van der Waals surface area contributed by atoms with E-state index in [-0.39, 0.29) is 37.3 Å². The van der Waals surface area contributed by atoms with Gasteiger partial charge in [0.15, 0.2) is 11.9 Å². The zero-order valence-electron chi connectivity index (χ0n) is 40.5. The highest BCUT2D eigenvalue weighted by molar-refractivity contribution is 5.85. The second-order valence-corrected chi connectivity index (χ2v) is 19.4. The highest BCUT2D eigenvalue weighted by atomic mass is 16.7. The lowest BCUT2D eigenvalue weighted by Gasteiger charge is -2.48. The third-order valence-corrected chi connectivity index (χ3v) is 14.6. The van der Waals surface area contributed by atoms with Crippen molar-refractivity contribution in [2.75, 3.05) is 20.7 Å². The van der Waals surface area contributed by atoms with Crippen molar-refractivity contribution in [2.24, 2.45) is 23.7 Å². The molecule has 15 atom stereocenters. The van der Waals surface area contributed by atoms with E-state index in [1.54, 1.807) is 70.2 Å². The Morgan fingerprint density at radius 2 is 1.80 bits per heavy atom. The van der Waals surface area contributed by atoms with Gasteiger partial charge >= 0.3 is 18.0 Å². The summed E-state index contributed by atoms with van der Waals surface area (Å²) in [5.41, 5.74) is -0.248. The molecule has 16 heteroatoms. The molecule has 2 unspecified atom stereocenters. The number of aliphatic hydroxyl groups is 1. The largest absolute Gasteiger partial charge is 0.461 e. The van der Waals surface area contributed by atoms with E-state index in [4.69, 9.17) is 28.4 Å². The third-order valence-electron chi connectivity index (χ3n) is 14.6. The van der Waals surface area contributed by atoms with Crippen LogP contribution in [-0.2, 0) is 49.2 Å². The maximum absolute atomic E-state index is 15.0. The van der Waals surface area contributed by atoms with Crippen molar-refractivity contribution in [1.82, 2.24) is 24.3 Å². The number of cyclic esters (lactones) is 1. The standard InChI is InChI=1S/C50H71N5O11/c1-13-53(11)39-24-31(4)62-47(42(39)58)65-45-33(6)43(64-40(56)25-36-19-16-22-51-27-36)34(7)46(59)63-35(8)50(10)44(32(5)41(57)29(2)26-49(45,9)61-12)54(48(60)66-50)23-17-18-30(3)55-28-52-37-20-14-15-21-38(37)55/h13-16,19-22,27-35,39,42-45,47,58H,1,17-18,23-26H2,2-12H3/t29-,30?,31-,32+,33+,34-,35-,39+,42-,43+,44+,45-,47?,49-,50-/m1/s1. The summed E-state index contributed by atoms with van der Waals surface area (Å²) in [5.74, 6) is -4.90. The van der Waals surface area contributed by atoms with Gasteiger partial charge in [0, 0.05) is 56.9 Å². The Labute approximate surface area is 389 Å². The number of hydrogen-bond acceptors (Lipinski definition) is 14. The number of Topliss-reactive ketones (excluding diaryl/α,β-unsaturated/α-hetero) is 1. The number of carbonyl (C=O) groups excluding carboxylic acids is 4. The van der Waals surface area contributed by atoms with E-state index in [9.17, 15) is 24.3 Å². The summed E-state index contributed by atoms with van der Waals surface area (Å²) in [7, 11) is 3.33. The van der Waals surface area contributed by atoms with Crippen LogP contribution in [0.1, 0.15) is 99.6 Å². The molecule has 3 saturated heterocycles. The van der Waals surface area contributed by atoms with Crippen molar-refractivity contribution in [3.63, 3.8) is 0 Å². The Hall–Kier alpha value is -4.90. The van der Waals surface area contributed by atoms with E-state index in [2.05, 4.69) is 28.0 Å². The molecule has 0 spiro atoms. The number of amides is 1. The number of nitrogens with zero attached hydrogens (tertiary/aromatic N) is 5. The van der Waals surface area contributed by atoms with E-state index in [1.165, 1.54) is 7.11 Å². The van der Waals surface area contributed by atoms with Crippen molar-refractivity contribution >= 4 is 34.8 Å². The molecule has 2 aromatic heterocycles. The molecule has 5 heterocycles. The zero-order valence-corrected chi connectivity index (χ0v) is 40.5. The Bertz CT molecular complexity index is 2170. The van der Waals surface area contributed by atoms with Crippen LogP contribution in [0.2, 0.25) is 0 Å². The first-order chi connectivity index (χ1) is 31.2. The third kappa shape index (κ3) is 10.5. The van der Waals surface area contributed by atoms with Crippen LogP contribution in [0.5, 0.6) is 0 Å². The van der Waals surface area contributed by atoms with Gasteiger partial charge in [-0.15, -0.1) is 0 Å². The van der Waals surface area contributed by atoms with E-state index in [0.29, 0.717) is 24.8 Å². The first-order valence-electron chi connectivity index (χ1n) is 23.4. The van der Waals surface area contributed by atoms with Crippen LogP contribution in [0.4, 0.5) is 4.79 Å². The quantitative estimate of drug-likeness (QED) is 0.142. The molecule has 3 aliphatic heterocycles. The van der Waals surface area contributed by atoms with Crippen LogP contribution in [0.3, 0.4) is 0 Å². The number of benzene rings is 1. The predicted octanol–water partition coefficient (Wildman–Crippen LogP) is 6.69. The second-order valence-electron chi connectivity index (χ2n) is 19.4. The van der Waals surface area contributed by atoms with Crippen molar-refractivity contribution in [2.45, 2.75) is 161 Å². The van der Waals surface area contributed by atoms with Crippen molar-refractivity contribution in [3.8, 4) is 0 Å². The fourth-order valence-electron chi connectivity index (χ4n) is 10.6. The number of para-hydroxylation sites is 2. The molecule has 0 bridgehead atoms. The van der Waals surface area contributed by atoms with Gasteiger partial charge in [0.1, 0.15) is 24.1 Å². The van der Waals surface area contributed by atoms with Crippen LogP contribution < -0.4 is 0 Å². The summed E-state index contributed by atoms with van der Waals surface area (Å²) in [5, 5.41) is 11.8. The van der Waals surface area contributed by atoms with Gasteiger partial charge in [0.25, 0.3) is 0 Å². The number of fused-ring (bicyclic) bond motifs is 2. The molecular formula is C50H71N5O11. The number of rotatable bonds is 13. The SMILES string of the molecule is C=CN(C)[C@H]1C[C@@H](C)OC(O[C@@H]2[C@@H](C)[C@H](OC(=O)Cc3cccnc3)[C@@H](C)C(=O)O[C@H](C)[C@@]3(C)OC(=O)N(CCCC(C)n4cnc5ccccc54)[C@H]3[C@@H](C)C(=O)[C@H](C)C[C@@]2(C)OC)[C@@H]1O. The summed E-state index contributed by atoms with van der Waals surface area (Å²) < 4.78 is 40.5. The number of methoxy groups -OCH3 is 1. The predicted molar refractivity (Wildman–Crippen MR) is 246 cm³/mol. The van der Waals surface area contributed by atoms with Crippen LogP contribution in [-0.4, -0.2) is 134 Å². The summed E-state index contributed by atoms with van der Waals surface area (Å²) in [4.78, 5) is 69.7. The highest BCUT2D eigenvalue weighted by Crippen LogP contribution is 2.43. The molecule has 66 heavy (non-hydrogen) atoms. The van der Waals surface area contributed by atoms with Gasteiger partial charge in [-0.05, 0) is 97.2 Å². The first-order valence-corrected chi connectivity index (χ1v) is 23.4. The normalized spacial score (nSPS) is 35.0. The minimum absolute atomic E-state index is 0.0552. The number of imidazole rings is 1. The van der Waals surface area contributed by atoms with Crippen LogP contribution in [0, 0.1) is 23.7 Å².